The maximum Gasteiger partial charge on any atom is 0.408 e. The second-order valence-electron chi connectivity index (χ2n) is 8.90. The van der Waals surface area contributed by atoms with Gasteiger partial charge in [-0.05, 0) is 57.5 Å². The van der Waals surface area contributed by atoms with Gasteiger partial charge < -0.3 is 20.5 Å². The number of hydrogen-bond donors (Lipinski definition) is 2. The molecule has 3 rings (SSSR count). The molecule has 0 saturated heterocycles. The zero-order chi connectivity index (χ0) is 23.0. The first-order valence-electron chi connectivity index (χ1n) is 10.1. The highest BCUT2D eigenvalue weighted by molar-refractivity contribution is 7.92. The minimum Gasteiger partial charge on any atom is -0.497 e. The summed E-state index contributed by atoms with van der Waals surface area (Å²) in [7, 11) is -2.23. The molecule has 1 aliphatic carbocycles. The Morgan fingerprint density at radius 3 is 2.16 bits per heavy atom. The van der Waals surface area contributed by atoms with Crippen molar-refractivity contribution in [1.29, 1.82) is 0 Å². The largest absolute Gasteiger partial charge is 0.497 e. The molecule has 0 heterocycles. The monoisotopic (exact) mass is 446 g/mol. The number of carbonyl (C=O) groups is 1. The van der Waals surface area contributed by atoms with Crippen LogP contribution in [0.1, 0.15) is 37.8 Å². The number of benzene rings is 2. The molecule has 3 N–H and O–H groups in total. The summed E-state index contributed by atoms with van der Waals surface area (Å²) in [4.78, 5) is 12.8. The molecule has 8 heteroatoms. The number of amides is 1. The first kappa shape index (κ1) is 23.1. The van der Waals surface area contributed by atoms with Gasteiger partial charge in [-0.3, -0.25) is 0 Å². The minimum atomic E-state index is -3.79. The molecular weight excluding hydrogens is 416 g/mol. The van der Waals surface area contributed by atoms with E-state index in [-0.39, 0.29) is 11.4 Å². The highest BCUT2D eigenvalue weighted by Gasteiger charge is 2.71. The highest BCUT2D eigenvalue weighted by Crippen LogP contribution is 2.57. The van der Waals surface area contributed by atoms with Gasteiger partial charge in [-0.15, -0.1) is 0 Å². The SMILES string of the molecule is COc1ccc([C@@H]2[C@@H](S(=O)(=O)c3ccc(C)cc3)[C@@]2(CN)NC(=O)OC(C)(C)C)cc1. The number of methoxy groups -OCH3 is 1. The maximum absolute atomic E-state index is 13.6. The van der Waals surface area contributed by atoms with Crippen LogP contribution in [-0.4, -0.2) is 44.6 Å². The van der Waals surface area contributed by atoms with Crippen LogP contribution in [0.25, 0.3) is 0 Å². The van der Waals surface area contributed by atoms with Crippen LogP contribution < -0.4 is 15.8 Å². The van der Waals surface area contributed by atoms with Gasteiger partial charge in [0.2, 0.25) is 0 Å². The standard InChI is InChI=1S/C23H30N2O5S/c1-15-6-12-18(13-7-15)31(27,28)20-19(16-8-10-17(29-5)11-9-16)23(20,14-24)25-21(26)30-22(2,3)4/h6-13,19-20H,14,24H2,1-5H3,(H,25,26)/t19-,20-,23+/m1/s1. The number of ether oxygens (including phenoxy) is 2. The summed E-state index contributed by atoms with van der Waals surface area (Å²) in [5.74, 6) is 0.128. The Balaban J connectivity index is 2.03. The van der Waals surface area contributed by atoms with Crippen molar-refractivity contribution in [1.82, 2.24) is 5.32 Å². The number of carbonyl (C=O) groups excluding carboxylic acids is 1. The van der Waals surface area contributed by atoms with E-state index in [4.69, 9.17) is 15.2 Å². The third-order valence-corrected chi connectivity index (χ3v) is 7.78. The molecule has 1 amide bonds. The van der Waals surface area contributed by atoms with Crippen LogP contribution in [0, 0.1) is 6.92 Å². The fourth-order valence-corrected chi connectivity index (χ4v) is 6.30. The molecule has 3 atom stereocenters. The number of alkyl carbamates (subject to hydrolysis) is 1. The lowest BCUT2D eigenvalue weighted by molar-refractivity contribution is 0.0497. The molecule has 2 aromatic rings. The smallest absolute Gasteiger partial charge is 0.408 e. The number of sulfone groups is 1. The number of nitrogens with two attached hydrogens (primary N) is 1. The summed E-state index contributed by atoms with van der Waals surface area (Å²) >= 11 is 0. The van der Waals surface area contributed by atoms with Crippen molar-refractivity contribution in [2.75, 3.05) is 13.7 Å². The molecule has 1 aliphatic rings. The summed E-state index contributed by atoms with van der Waals surface area (Å²) in [6.07, 6.45) is -0.696. The summed E-state index contributed by atoms with van der Waals surface area (Å²) in [6, 6.07) is 13.8. The van der Waals surface area contributed by atoms with E-state index in [1.165, 1.54) is 0 Å². The molecule has 31 heavy (non-hydrogen) atoms. The number of rotatable bonds is 6. The van der Waals surface area contributed by atoms with Gasteiger partial charge >= 0.3 is 6.09 Å². The number of aryl methyl sites for hydroxylation is 1. The Morgan fingerprint density at radius 1 is 1.10 bits per heavy atom. The molecule has 1 fully saturated rings. The average Bonchev–Trinajstić information content (AvgIpc) is 3.36. The third kappa shape index (κ3) is 4.55. The summed E-state index contributed by atoms with van der Waals surface area (Å²) < 4.78 is 37.8. The normalized spacial score (nSPS) is 23.2. The lowest BCUT2D eigenvalue weighted by Gasteiger charge is -2.24. The van der Waals surface area contributed by atoms with E-state index in [9.17, 15) is 13.2 Å². The zero-order valence-electron chi connectivity index (χ0n) is 18.5. The molecule has 168 valence electrons. The van der Waals surface area contributed by atoms with Crippen molar-refractivity contribution in [3.05, 3.63) is 59.7 Å². The topological polar surface area (TPSA) is 108 Å². The van der Waals surface area contributed by atoms with Gasteiger partial charge in [0.1, 0.15) is 16.6 Å². The molecule has 0 aliphatic heterocycles. The lowest BCUT2D eigenvalue weighted by atomic mass is 10.1. The quantitative estimate of drug-likeness (QED) is 0.706. The molecule has 0 radical (unpaired) electrons. The van der Waals surface area contributed by atoms with Gasteiger partial charge in [-0.25, -0.2) is 13.2 Å². The first-order valence-corrected chi connectivity index (χ1v) is 11.6. The van der Waals surface area contributed by atoms with Gasteiger partial charge in [-0.2, -0.15) is 0 Å². The van der Waals surface area contributed by atoms with Crippen molar-refractivity contribution >= 4 is 15.9 Å². The van der Waals surface area contributed by atoms with Crippen LogP contribution in [0.5, 0.6) is 5.75 Å². The van der Waals surface area contributed by atoms with Crippen LogP contribution in [-0.2, 0) is 14.6 Å². The van der Waals surface area contributed by atoms with E-state index < -0.39 is 38.2 Å². The molecule has 2 aromatic carbocycles. The van der Waals surface area contributed by atoms with Gasteiger partial charge in [0.25, 0.3) is 0 Å². The maximum atomic E-state index is 13.6. The van der Waals surface area contributed by atoms with Crippen LogP contribution >= 0.6 is 0 Å². The van der Waals surface area contributed by atoms with Crippen molar-refractivity contribution in [3.63, 3.8) is 0 Å². The zero-order valence-corrected chi connectivity index (χ0v) is 19.3. The summed E-state index contributed by atoms with van der Waals surface area (Å²) in [5.41, 5.74) is 5.90. The first-order chi connectivity index (χ1) is 14.4. The molecule has 7 nitrogen and oxygen atoms in total. The van der Waals surface area contributed by atoms with E-state index in [1.54, 1.807) is 76.4 Å². The van der Waals surface area contributed by atoms with Crippen molar-refractivity contribution in [2.45, 2.75) is 54.9 Å². The molecule has 0 bridgehead atoms. The summed E-state index contributed by atoms with van der Waals surface area (Å²) in [6.45, 7) is 7.07. The van der Waals surface area contributed by atoms with Crippen LogP contribution in [0.3, 0.4) is 0 Å². The predicted octanol–water partition coefficient (Wildman–Crippen LogP) is 3.17. The second-order valence-corrected chi connectivity index (χ2v) is 11.0. The van der Waals surface area contributed by atoms with Gasteiger partial charge in [-0.1, -0.05) is 29.8 Å². The molecule has 0 spiro atoms. The fourth-order valence-electron chi connectivity index (χ4n) is 3.96. The Kier molecular flexibility index (Phi) is 6.08. The fraction of sp³-hybridized carbons (Fsp3) is 0.435. The van der Waals surface area contributed by atoms with E-state index in [0.717, 1.165) is 11.1 Å². The van der Waals surface area contributed by atoms with Crippen LogP contribution in [0.4, 0.5) is 4.79 Å². The average molecular weight is 447 g/mol. The van der Waals surface area contributed by atoms with Crippen molar-refractivity contribution < 1.29 is 22.7 Å². The molecule has 0 unspecified atom stereocenters. The predicted molar refractivity (Wildman–Crippen MR) is 119 cm³/mol. The van der Waals surface area contributed by atoms with Crippen LogP contribution in [0.15, 0.2) is 53.4 Å². The van der Waals surface area contributed by atoms with E-state index in [1.807, 2.05) is 6.92 Å². The molecule has 0 aromatic heterocycles. The lowest BCUT2D eigenvalue weighted by Crippen LogP contribution is -2.49. The van der Waals surface area contributed by atoms with Gasteiger partial charge in [0.15, 0.2) is 9.84 Å². The van der Waals surface area contributed by atoms with Crippen molar-refractivity contribution in [3.8, 4) is 5.75 Å². The number of hydrogen-bond acceptors (Lipinski definition) is 6. The Morgan fingerprint density at radius 2 is 1.68 bits per heavy atom. The van der Waals surface area contributed by atoms with E-state index in [2.05, 4.69) is 5.32 Å². The molecule has 1 saturated carbocycles. The Bertz CT molecular complexity index is 1040. The Hall–Kier alpha value is -2.58. The van der Waals surface area contributed by atoms with Gasteiger partial charge in [0, 0.05) is 12.5 Å². The minimum absolute atomic E-state index is 0.0568. The third-order valence-electron chi connectivity index (χ3n) is 5.49. The number of nitrogens with one attached hydrogen (secondary N) is 1. The van der Waals surface area contributed by atoms with E-state index >= 15 is 0 Å². The van der Waals surface area contributed by atoms with Crippen LogP contribution in [0.2, 0.25) is 0 Å². The second kappa shape index (κ2) is 8.16. The summed E-state index contributed by atoms with van der Waals surface area (Å²) in [5, 5.41) is 1.87. The highest BCUT2D eigenvalue weighted by atomic mass is 32.2. The van der Waals surface area contributed by atoms with E-state index in [0.29, 0.717) is 5.75 Å². The Labute approximate surface area is 183 Å². The van der Waals surface area contributed by atoms with Crippen molar-refractivity contribution in [2.24, 2.45) is 5.73 Å². The molecular formula is C23H30N2O5S. The van der Waals surface area contributed by atoms with Gasteiger partial charge in [0.05, 0.1) is 17.5 Å².